The molecule has 9 atom stereocenters. The number of ether oxygens (including phenoxy) is 2. The molecular formula is C26H42O3. The fourth-order valence-electron chi connectivity index (χ4n) is 9.30. The van der Waals surface area contributed by atoms with Crippen LogP contribution in [-0.4, -0.2) is 25.3 Å². The van der Waals surface area contributed by atoms with Crippen molar-refractivity contribution in [3.63, 3.8) is 0 Å². The molecule has 5 fully saturated rings. The van der Waals surface area contributed by atoms with E-state index >= 15 is 0 Å². The summed E-state index contributed by atoms with van der Waals surface area (Å²) in [4.78, 5) is 11.7. The van der Waals surface area contributed by atoms with Crippen LogP contribution in [0.2, 0.25) is 0 Å². The van der Waals surface area contributed by atoms with Crippen molar-refractivity contribution >= 4 is 5.97 Å². The number of methoxy groups -OCH3 is 1. The number of hydrogen-bond acceptors (Lipinski definition) is 3. The molecule has 164 valence electrons. The first-order valence-electron chi connectivity index (χ1n) is 12.5. The van der Waals surface area contributed by atoms with Gasteiger partial charge in [-0.25, -0.2) is 0 Å². The monoisotopic (exact) mass is 402 g/mol. The molecule has 0 radical (unpaired) electrons. The van der Waals surface area contributed by atoms with Gasteiger partial charge >= 0.3 is 5.97 Å². The Kier molecular flexibility index (Phi) is 4.89. The van der Waals surface area contributed by atoms with Crippen LogP contribution in [0.1, 0.15) is 91.4 Å². The van der Waals surface area contributed by atoms with Crippen molar-refractivity contribution in [2.45, 2.75) is 97.0 Å². The second kappa shape index (κ2) is 6.97. The Bertz CT molecular complexity index is 654. The lowest BCUT2D eigenvalue weighted by Gasteiger charge is -2.61. The fourth-order valence-corrected chi connectivity index (χ4v) is 9.30. The summed E-state index contributed by atoms with van der Waals surface area (Å²) >= 11 is 0. The van der Waals surface area contributed by atoms with Gasteiger partial charge in [0, 0.05) is 6.42 Å². The Morgan fingerprint density at radius 1 is 1.03 bits per heavy atom. The molecule has 1 heterocycles. The highest BCUT2D eigenvalue weighted by Gasteiger charge is 2.63. The normalized spacial score (nSPS) is 51.7. The molecule has 0 aromatic rings. The highest BCUT2D eigenvalue weighted by atomic mass is 16.6. The van der Waals surface area contributed by atoms with Crippen LogP contribution in [-0.2, 0) is 14.3 Å². The summed E-state index contributed by atoms with van der Waals surface area (Å²) in [6, 6.07) is 0. The van der Waals surface area contributed by atoms with Crippen LogP contribution < -0.4 is 0 Å². The first kappa shape index (κ1) is 20.3. The molecule has 0 aromatic carbocycles. The minimum absolute atomic E-state index is 0.0405. The molecule has 0 amide bonds. The predicted octanol–water partition coefficient (Wildman–Crippen LogP) is 6.00. The third kappa shape index (κ3) is 3.12. The van der Waals surface area contributed by atoms with Crippen LogP contribution in [0.15, 0.2) is 0 Å². The van der Waals surface area contributed by atoms with E-state index in [1.165, 1.54) is 64.9 Å². The lowest BCUT2D eigenvalue weighted by atomic mass is 9.44. The van der Waals surface area contributed by atoms with Gasteiger partial charge in [-0.05, 0) is 111 Å². The Morgan fingerprint density at radius 2 is 1.79 bits per heavy atom. The van der Waals surface area contributed by atoms with Gasteiger partial charge in [-0.1, -0.05) is 20.8 Å². The average molecular weight is 403 g/mol. The largest absolute Gasteiger partial charge is 0.469 e. The summed E-state index contributed by atoms with van der Waals surface area (Å²) in [5, 5.41) is 0. The van der Waals surface area contributed by atoms with Gasteiger partial charge in [0.05, 0.1) is 19.3 Å². The molecule has 5 aliphatic rings. The van der Waals surface area contributed by atoms with Gasteiger partial charge in [-0.15, -0.1) is 0 Å². The van der Waals surface area contributed by atoms with E-state index in [0.717, 1.165) is 42.6 Å². The number of esters is 1. The number of carbonyl (C=O) groups is 1. The van der Waals surface area contributed by atoms with Crippen LogP contribution in [0, 0.1) is 46.3 Å². The lowest BCUT2D eigenvalue weighted by molar-refractivity contribution is -0.141. The van der Waals surface area contributed by atoms with Gasteiger partial charge in [0.15, 0.2) is 0 Å². The molecule has 9 unspecified atom stereocenters. The van der Waals surface area contributed by atoms with Crippen molar-refractivity contribution in [2.24, 2.45) is 46.3 Å². The van der Waals surface area contributed by atoms with Crippen LogP contribution >= 0.6 is 0 Å². The van der Waals surface area contributed by atoms with E-state index in [1.54, 1.807) is 0 Å². The van der Waals surface area contributed by atoms with Crippen LogP contribution in [0.4, 0.5) is 0 Å². The molecule has 3 heteroatoms. The molecule has 4 aliphatic carbocycles. The van der Waals surface area contributed by atoms with E-state index < -0.39 is 0 Å². The number of fused-ring (bicyclic) bond motifs is 5. The Balaban J connectivity index is 1.30. The van der Waals surface area contributed by atoms with E-state index in [2.05, 4.69) is 20.8 Å². The van der Waals surface area contributed by atoms with Crippen LogP contribution in [0.3, 0.4) is 0 Å². The summed E-state index contributed by atoms with van der Waals surface area (Å²) in [7, 11) is 1.51. The maximum absolute atomic E-state index is 11.7. The smallest absolute Gasteiger partial charge is 0.305 e. The van der Waals surface area contributed by atoms with Crippen LogP contribution in [0.5, 0.6) is 0 Å². The van der Waals surface area contributed by atoms with Crippen molar-refractivity contribution in [2.75, 3.05) is 13.7 Å². The van der Waals surface area contributed by atoms with Crippen molar-refractivity contribution in [1.82, 2.24) is 0 Å². The Morgan fingerprint density at radius 3 is 2.52 bits per heavy atom. The van der Waals surface area contributed by atoms with Gasteiger partial charge in [0.1, 0.15) is 0 Å². The molecule has 1 spiro atoms. The molecule has 0 aromatic heterocycles. The second-order valence-electron chi connectivity index (χ2n) is 12.2. The standard InChI is InChI=1S/C26H42O3/c1-17(5-10-23(27)28-4)20-8-9-21-19-7-6-18-15-26(16-29-26)14-13-24(18,2)22(19)11-12-25(20,21)3/h17-22H,5-16H2,1-4H3. The summed E-state index contributed by atoms with van der Waals surface area (Å²) in [5.74, 6) is 5.09. The van der Waals surface area contributed by atoms with E-state index in [-0.39, 0.29) is 5.97 Å². The van der Waals surface area contributed by atoms with Crippen molar-refractivity contribution < 1.29 is 14.3 Å². The maximum atomic E-state index is 11.7. The molecule has 5 rings (SSSR count). The second-order valence-corrected chi connectivity index (χ2v) is 12.2. The zero-order valence-electron chi connectivity index (χ0n) is 19.2. The average Bonchev–Trinajstić information content (AvgIpc) is 3.37. The summed E-state index contributed by atoms with van der Waals surface area (Å²) in [5.41, 5.74) is 1.37. The number of epoxide rings is 1. The Hall–Kier alpha value is -0.570. The molecule has 29 heavy (non-hydrogen) atoms. The summed E-state index contributed by atoms with van der Waals surface area (Å²) in [6.07, 6.45) is 14.2. The maximum Gasteiger partial charge on any atom is 0.305 e. The minimum atomic E-state index is -0.0405. The highest BCUT2D eigenvalue weighted by Crippen LogP contribution is 2.69. The molecule has 3 nitrogen and oxygen atoms in total. The third-order valence-electron chi connectivity index (χ3n) is 11.1. The first-order chi connectivity index (χ1) is 13.8. The topological polar surface area (TPSA) is 38.8 Å². The van der Waals surface area contributed by atoms with E-state index in [0.29, 0.717) is 28.8 Å². The number of rotatable bonds is 4. The van der Waals surface area contributed by atoms with Gasteiger partial charge < -0.3 is 9.47 Å². The van der Waals surface area contributed by atoms with Crippen molar-refractivity contribution in [3.8, 4) is 0 Å². The predicted molar refractivity (Wildman–Crippen MR) is 114 cm³/mol. The van der Waals surface area contributed by atoms with Crippen LogP contribution in [0.25, 0.3) is 0 Å². The minimum Gasteiger partial charge on any atom is -0.469 e. The van der Waals surface area contributed by atoms with Gasteiger partial charge in [0.2, 0.25) is 0 Å². The lowest BCUT2D eigenvalue weighted by Crippen LogP contribution is -2.54. The molecule has 4 saturated carbocycles. The quantitative estimate of drug-likeness (QED) is 0.427. The summed E-state index contributed by atoms with van der Waals surface area (Å²) in [6.45, 7) is 8.74. The van der Waals surface area contributed by atoms with E-state index in [1.807, 2.05) is 0 Å². The third-order valence-corrected chi connectivity index (χ3v) is 11.1. The SMILES string of the molecule is COC(=O)CCC(C)C1CCC2C3CCC4CC5(CCC4(C)C3CCC12C)CO5. The zero-order valence-corrected chi connectivity index (χ0v) is 19.2. The van der Waals surface area contributed by atoms with E-state index in [9.17, 15) is 4.79 Å². The molecule has 0 bridgehead atoms. The van der Waals surface area contributed by atoms with Crippen molar-refractivity contribution in [3.05, 3.63) is 0 Å². The first-order valence-corrected chi connectivity index (χ1v) is 12.5. The van der Waals surface area contributed by atoms with Gasteiger partial charge in [-0.2, -0.15) is 0 Å². The number of carbonyl (C=O) groups excluding carboxylic acids is 1. The zero-order chi connectivity index (χ0) is 20.4. The van der Waals surface area contributed by atoms with Gasteiger partial charge in [0.25, 0.3) is 0 Å². The molecular weight excluding hydrogens is 360 g/mol. The number of hydrogen-bond donors (Lipinski definition) is 0. The molecule has 1 saturated heterocycles. The summed E-state index contributed by atoms with van der Waals surface area (Å²) < 4.78 is 10.8. The van der Waals surface area contributed by atoms with Crippen molar-refractivity contribution in [1.29, 1.82) is 0 Å². The highest BCUT2D eigenvalue weighted by molar-refractivity contribution is 5.69. The Labute approximate surface area is 177 Å². The molecule has 1 aliphatic heterocycles. The fraction of sp³-hybridized carbons (Fsp3) is 0.962. The van der Waals surface area contributed by atoms with E-state index in [4.69, 9.17) is 9.47 Å². The van der Waals surface area contributed by atoms with Gasteiger partial charge in [-0.3, -0.25) is 4.79 Å². The molecule has 0 N–H and O–H groups in total.